The molecule has 2 unspecified atom stereocenters. The molecule has 0 aromatic heterocycles. The summed E-state index contributed by atoms with van der Waals surface area (Å²) in [6.07, 6.45) is -2.42. The monoisotopic (exact) mass is 377 g/mol. The molecule has 2 aromatic carbocycles. The van der Waals surface area contributed by atoms with Crippen LogP contribution in [0.2, 0.25) is 0 Å². The van der Waals surface area contributed by atoms with Crippen LogP contribution in [0.15, 0.2) is 66.2 Å². The van der Waals surface area contributed by atoms with Gasteiger partial charge in [0, 0.05) is 5.57 Å². The molecule has 1 N–H and O–H groups in total. The average Bonchev–Trinajstić information content (AvgIpc) is 3.30. The van der Waals surface area contributed by atoms with E-state index in [0.29, 0.717) is 5.57 Å². The van der Waals surface area contributed by atoms with Gasteiger partial charge in [0.1, 0.15) is 30.0 Å². The van der Waals surface area contributed by atoms with Crippen LogP contribution in [0.25, 0.3) is 5.57 Å². The van der Waals surface area contributed by atoms with Crippen LogP contribution in [-0.4, -0.2) is 48.7 Å². The molecule has 4 rings (SSSR count). The van der Waals surface area contributed by atoms with Gasteiger partial charge in [-0.2, -0.15) is 5.26 Å². The normalized spacial score (nSPS) is 25.6. The third kappa shape index (κ3) is 3.43. The zero-order valence-corrected chi connectivity index (χ0v) is 15.0. The average molecular weight is 377 g/mol. The summed E-state index contributed by atoms with van der Waals surface area (Å²) >= 11 is 0. The van der Waals surface area contributed by atoms with Crippen molar-refractivity contribution in [2.75, 3.05) is 13.2 Å². The van der Waals surface area contributed by atoms with Crippen LogP contribution >= 0.6 is 0 Å². The van der Waals surface area contributed by atoms with Gasteiger partial charge in [-0.15, -0.1) is 0 Å². The van der Waals surface area contributed by atoms with E-state index in [4.69, 9.17) is 14.2 Å². The first kappa shape index (κ1) is 18.4. The van der Waals surface area contributed by atoms with Crippen LogP contribution < -0.4 is 0 Å². The number of aliphatic hydroxyl groups is 1. The summed E-state index contributed by atoms with van der Waals surface area (Å²) in [4.78, 5) is 12.9. The summed E-state index contributed by atoms with van der Waals surface area (Å²) in [5, 5.41) is 19.6. The minimum absolute atomic E-state index is 0.0839. The van der Waals surface area contributed by atoms with E-state index in [1.165, 1.54) is 0 Å². The fraction of sp³-hybridized carbons (Fsp3) is 0.273. The number of benzene rings is 2. The van der Waals surface area contributed by atoms with E-state index in [1.807, 2.05) is 66.7 Å². The van der Waals surface area contributed by atoms with Gasteiger partial charge in [0.15, 0.2) is 6.10 Å². The molecule has 2 aliphatic rings. The first-order chi connectivity index (χ1) is 13.7. The van der Waals surface area contributed by atoms with Gasteiger partial charge in [-0.1, -0.05) is 60.7 Å². The Balaban J connectivity index is 1.68. The summed E-state index contributed by atoms with van der Waals surface area (Å²) in [7, 11) is 0. The van der Waals surface area contributed by atoms with E-state index < -0.39 is 30.4 Å². The van der Waals surface area contributed by atoms with Crippen molar-refractivity contribution in [2.24, 2.45) is 0 Å². The van der Waals surface area contributed by atoms with Crippen molar-refractivity contribution < 1.29 is 24.1 Å². The number of esters is 1. The summed E-state index contributed by atoms with van der Waals surface area (Å²) in [6.45, 7) is 0.270. The number of rotatable bonds is 4. The highest BCUT2D eigenvalue weighted by Crippen LogP contribution is 2.31. The molecule has 6 heteroatoms. The molecule has 28 heavy (non-hydrogen) atoms. The van der Waals surface area contributed by atoms with E-state index in [9.17, 15) is 15.2 Å². The number of carbonyl (C=O) groups is 1. The number of aliphatic hydroxyl groups excluding tert-OH is 1. The predicted molar refractivity (Wildman–Crippen MR) is 99.9 cm³/mol. The Bertz CT molecular complexity index is 877. The number of fused-ring (bicyclic) bond motifs is 1. The molecule has 0 amide bonds. The number of hydrogen-bond donors (Lipinski definition) is 1. The van der Waals surface area contributed by atoms with E-state index in [2.05, 4.69) is 0 Å². The minimum atomic E-state index is -0.733. The zero-order valence-electron chi connectivity index (χ0n) is 15.0. The lowest BCUT2D eigenvalue weighted by Gasteiger charge is -2.17. The molecule has 2 aromatic rings. The molecule has 2 aliphatic heterocycles. The SMILES string of the molecule is N#CC(C(=O)O[C@@H]1COC2C1OC[C@@H]2O)=C(c1ccccc1)c1ccccc1. The number of nitrogens with zero attached hydrogens (tertiary/aromatic N) is 1. The molecule has 0 bridgehead atoms. The second kappa shape index (κ2) is 7.95. The summed E-state index contributed by atoms with van der Waals surface area (Å²) < 4.78 is 16.6. The van der Waals surface area contributed by atoms with Crippen LogP contribution in [0.3, 0.4) is 0 Å². The summed E-state index contributed by atoms with van der Waals surface area (Å²) in [6, 6.07) is 20.5. The molecule has 0 spiro atoms. The van der Waals surface area contributed by atoms with E-state index in [1.54, 1.807) is 0 Å². The maximum absolute atomic E-state index is 12.9. The Morgan fingerprint density at radius 1 is 0.964 bits per heavy atom. The predicted octanol–water partition coefficient (Wildman–Crippen LogP) is 2.08. The lowest BCUT2D eigenvalue weighted by atomic mass is 9.93. The van der Waals surface area contributed by atoms with Crippen molar-refractivity contribution in [3.05, 3.63) is 77.4 Å². The molecule has 6 nitrogen and oxygen atoms in total. The standard InChI is InChI=1S/C22H19NO5/c23-11-16(22(25)28-18-13-27-20-17(24)12-26-21(18)20)19(14-7-3-1-4-8-14)15-9-5-2-6-10-15/h1-10,17-18,20-21,24H,12-13H2/t17-,18+,20?,21?/m0/s1. The van der Waals surface area contributed by atoms with Crippen molar-refractivity contribution >= 4 is 11.5 Å². The lowest BCUT2D eigenvalue weighted by Crippen LogP contribution is -2.34. The van der Waals surface area contributed by atoms with Crippen LogP contribution in [0.5, 0.6) is 0 Å². The topological polar surface area (TPSA) is 88.8 Å². The van der Waals surface area contributed by atoms with Gasteiger partial charge < -0.3 is 19.3 Å². The lowest BCUT2D eigenvalue weighted by molar-refractivity contribution is -0.148. The highest BCUT2D eigenvalue weighted by Gasteiger charge is 2.49. The van der Waals surface area contributed by atoms with E-state index >= 15 is 0 Å². The molecular weight excluding hydrogens is 358 g/mol. The van der Waals surface area contributed by atoms with Gasteiger partial charge in [0.2, 0.25) is 0 Å². The van der Waals surface area contributed by atoms with Crippen molar-refractivity contribution in [3.63, 3.8) is 0 Å². The molecule has 0 saturated carbocycles. The molecule has 0 radical (unpaired) electrons. The molecule has 2 saturated heterocycles. The van der Waals surface area contributed by atoms with Crippen molar-refractivity contribution in [3.8, 4) is 6.07 Å². The Kier molecular flexibility index (Phi) is 5.22. The van der Waals surface area contributed by atoms with E-state index in [0.717, 1.165) is 11.1 Å². The van der Waals surface area contributed by atoms with Crippen molar-refractivity contribution in [2.45, 2.75) is 24.4 Å². The molecule has 2 fully saturated rings. The van der Waals surface area contributed by atoms with Gasteiger partial charge in [-0.3, -0.25) is 0 Å². The summed E-state index contributed by atoms with van der Waals surface area (Å²) in [5.74, 6) is -0.732. The maximum Gasteiger partial charge on any atom is 0.350 e. The van der Waals surface area contributed by atoms with E-state index in [-0.39, 0.29) is 18.8 Å². The van der Waals surface area contributed by atoms with Crippen LogP contribution in [0, 0.1) is 11.3 Å². The largest absolute Gasteiger partial charge is 0.453 e. The summed E-state index contributed by atoms with van der Waals surface area (Å²) in [5.41, 5.74) is 1.92. The van der Waals surface area contributed by atoms with Crippen molar-refractivity contribution in [1.82, 2.24) is 0 Å². The fourth-order valence-corrected chi connectivity index (χ4v) is 3.61. The Hall–Kier alpha value is -2.98. The van der Waals surface area contributed by atoms with Gasteiger partial charge in [-0.25, -0.2) is 4.79 Å². The Morgan fingerprint density at radius 2 is 1.54 bits per heavy atom. The molecule has 0 aliphatic carbocycles. The van der Waals surface area contributed by atoms with Crippen LogP contribution in [-0.2, 0) is 19.0 Å². The number of nitriles is 1. The first-order valence-electron chi connectivity index (χ1n) is 9.06. The second-order valence-electron chi connectivity index (χ2n) is 6.70. The maximum atomic E-state index is 12.9. The van der Waals surface area contributed by atoms with Crippen LogP contribution in [0.4, 0.5) is 0 Å². The Labute approximate surface area is 162 Å². The Morgan fingerprint density at radius 3 is 2.11 bits per heavy atom. The number of ether oxygens (including phenoxy) is 3. The van der Waals surface area contributed by atoms with Crippen LogP contribution in [0.1, 0.15) is 11.1 Å². The third-order valence-electron chi connectivity index (χ3n) is 4.93. The molecular formula is C22H19NO5. The molecule has 142 valence electrons. The van der Waals surface area contributed by atoms with Gasteiger partial charge in [0.05, 0.1) is 13.2 Å². The second-order valence-corrected chi connectivity index (χ2v) is 6.70. The zero-order chi connectivity index (χ0) is 19.5. The fourth-order valence-electron chi connectivity index (χ4n) is 3.61. The van der Waals surface area contributed by atoms with Crippen molar-refractivity contribution in [1.29, 1.82) is 5.26 Å². The smallest absolute Gasteiger partial charge is 0.350 e. The highest BCUT2D eigenvalue weighted by molar-refractivity contribution is 6.05. The minimum Gasteiger partial charge on any atom is -0.453 e. The number of carbonyl (C=O) groups excluding carboxylic acids is 1. The van der Waals surface area contributed by atoms with Gasteiger partial charge in [-0.05, 0) is 11.1 Å². The third-order valence-corrected chi connectivity index (χ3v) is 4.93. The number of hydrogen-bond acceptors (Lipinski definition) is 6. The first-order valence-corrected chi connectivity index (χ1v) is 9.06. The highest BCUT2D eigenvalue weighted by atomic mass is 16.6. The molecule has 4 atom stereocenters. The quantitative estimate of drug-likeness (QED) is 0.499. The molecule has 2 heterocycles. The van der Waals surface area contributed by atoms with Gasteiger partial charge in [0.25, 0.3) is 0 Å². The van der Waals surface area contributed by atoms with Gasteiger partial charge >= 0.3 is 5.97 Å².